The van der Waals surface area contributed by atoms with Gasteiger partial charge in [0, 0.05) is 18.8 Å². The van der Waals surface area contributed by atoms with Crippen molar-refractivity contribution in [1.82, 2.24) is 19.7 Å². The summed E-state index contributed by atoms with van der Waals surface area (Å²) in [6.07, 6.45) is 8.41. The fraction of sp³-hybridized carbons (Fsp3) is 0.529. The Morgan fingerprint density at radius 1 is 1.35 bits per heavy atom. The standard InChI is InChI=1S/C17H19ClFN5O2/c1-24-8-11(7-20-24)14-13(19)15(22-17(18)21-14)23-26-16(25)12-6-9-2-4-10(12)5-3-9/h7-10,12H,2-6H2,1H3,(H,21,22,23). The number of fused-ring (bicyclic) bond motifs is 3. The zero-order valence-corrected chi connectivity index (χ0v) is 15.0. The van der Waals surface area contributed by atoms with Crippen molar-refractivity contribution in [2.24, 2.45) is 24.8 Å². The van der Waals surface area contributed by atoms with E-state index in [1.54, 1.807) is 13.2 Å². The third-order valence-electron chi connectivity index (χ3n) is 5.40. The lowest BCUT2D eigenvalue weighted by molar-refractivity contribution is -0.151. The molecule has 138 valence electrons. The fourth-order valence-electron chi connectivity index (χ4n) is 4.06. The fourth-order valence-corrected chi connectivity index (χ4v) is 4.23. The molecule has 26 heavy (non-hydrogen) atoms. The highest BCUT2D eigenvalue weighted by Gasteiger charge is 2.40. The van der Waals surface area contributed by atoms with Gasteiger partial charge in [0.25, 0.3) is 0 Å². The first-order valence-corrected chi connectivity index (χ1v) is 9.08. The van der Waals surface area contributed by atoms with Crippen LogP contribution in [0.25, 0.3) is 11.3 Å². The van der Waals surface area contributed by atoms with Gasteiger partial charge in [0.05, 0.1) is 12.1 Å². The van der Waals surface area contributed by atoms with E-state index in [1.165, 1.54) is 23.7 Å². The van der Waals surface area contributed by atoms with Gasteiger partial charge in [-0.2, -0.15) is 15.6 Å². The van der Waals surface area contributed by atoms with Crippen molar-refractivity contribution in [2.75, 3.05) is 5.48 Å². The first kappa shape index (κ1) is 17.2. The molecule has 3 saturated carbocycles. The van der Waals surface area contributed by atoms with Crippen LogP contribution in [-0.2, 0) is 16.7 Å². The molecule has 3 aliphatic rings. The monoisotopic (exact) mass is 379 g/mol. The van der Waals surface area contributed by atoms with Gasteiger partial charge in [-0.25, -0.2) is 14.2 Å². The number of halogens is 2. The van der Waals surface area contributed by atoms with Crippen LogP contribution >= 0.6 is 11.6 Å². The van der Waals surface area contributed by atoms with Crippen LogP contribution in [0.3, 0.4) is 0 Å². The Labute approximate surface area is 154 Å². The van der Waals surface area contributed by atoms with Crippen LogP contribution in [0.4, 0.5) is 10.2 Å². The molecule has 1 N–H and O–H groups in total. The van der Waals surface area contributed by atoms with E-state index in [0.29, 0.717) is 17.4 Å². The van der Waals surface area contributed by atoms with E-state index in [4.69, 9.17) is 16.4 Å². The molecule has 3 aliphatic carbocycles. The van der Waals surface area contributed by atoms with Gasteiger partial charge in [-0.1, -0.05) is 12.8 Å². The van der Waals surface area contributed by atoms with Crippen LogP contribution < -0.4 is 5.48 Å². The highest BCUT2D eigenvalue weighted by Crippen LogP contribution is 2.45. The Kier molecular flexibility index (Phi) is 4.52. The van der Waals surface area contributed by atoms with E-state index < -0.39 is 5.82 Å². The summed E-state index contributed by atoms with van der Waals surface area (Å²) in [5.74, 6) is -0.554. The maximum Gasteiger partial charge on any atom is 0.335 e. The summed E-state index contributed by atoms with van der Waals surface area (Å²) in [6.45, 7) is 0. The maximum absolute atomic E-state index is 14.7. The normalized spacial score (nSPS) is 24.5. The van der Waals surface area contributed by atoms with Gasteiger partial charge in [-0.15, -0.1) is 0 Å². The summed E-state index contributed by atoms with van der Waals surface area (Å²) in [6, 6.07) is 0. The van der Waals surface area contributed by atoms with Gasteiger partial charge >= 0.3 is 5.97 Å². The van der Waals surface area contributed by atoms with E-state index in [2.05, 4.69) is 20.5 Å². The summed E-state index contributed by atoms with van der Waals surface area (Å²) in [5, 5.41) is 3.84. The number of aryl methyl sites for hydroxylation is 1. The molecule has 5 rings (SSSR count). The van der Waals surface area contributed by atoms with Gasteiger partial charge in [-0.3, -0.25) is 4.68 Å². The van der Waals surface area contributed by atoms with E-state index in [1.807, 2.05) is 0 Å². The molecule has 1 atom stereocenters. The lowest BCUT2D eigenvalue weighted by Gasteiger charge is -2.40. The van der Waals surface area contributed by atoms with Gasteiger partial charge in [0.15, 0.2) is 5.82 Å². The molecular formula is C17H19ClFN5O2. The summed E-state index contributed by atoms with van der Waals surface area (Å²) in [7, 11) is 1.71. The largest absolute Gasteiger partial charge is 0.342 e. The van der Waals surface area contributed by atoms with E-state index in [-0.39, 0.29) is 28.7 Å². The minimum atomic E-state index is -0.750. The summed E-state index contributed by atoms with van der Waals surface area (Å²) < 4.78 is 16.2. The van der Waals surface area contributed by atoms with Gasteiger partial charge < -0.3 is 4.84 Å². The molecule has 0 spiro atoms. The summed E-state index contributed by atoms with van der Waals surface area (Å²) in [5.41, 5.74) is 2.79. The Morgan fingerprint density at radius 2 is 2.12 bits per heavy atom. The van der Waals surface area contributed by atoms with Crippen LogP contribution in [0.5, 0.6) is 0 Å². The number of rotatable bonds is 4. The molecule has 0 aliphatic heterocycles. The highest BCUT2D eigenvalue weighted by atomic mass is 35.5. The molecule has 0 amide bonds. The van der Waals surface area contributed by atoms with Gasteiger partial charge in [-0.05, 0) is 42.7 Å². The molecule has 0 saturated heterocycles. The van der Waals surface area contributed by atoms with Crippen molar-refractivity contribution in [3.8, 4) is 11.3 Å². The third-order valence-corrected chi connectivity index (χ3v) is 5.57. The molecule has 2 aromatic heterocycles. The molecular weight excluding hydrogens is 361 g/mol. The molecule has 3 fully saturated rings. The lowest BCUT2D eigenvalue weighted by Crippen LogP contribution is -2.37. The van der Waals surface area contributed by atoms with Gasteiger partial charge in [0.2, 0.25) is 11.1 Å². The quantitative estimate of drug-likeness (QED) is 0.648. The van der Waals surface area contributed by atoms with Crippen molar-refractivity contribution < 1.29 is 14.0 Å². The molecule has 7 nitrogen and oxygen atoms in total. The molecule has 2 bridgehead atoms. The Balaban J connectivity index is 1.50. The van der Waals surface area contributed by atoms with Crippen molar-refractivity contribution in [1.29, 1.82) is 0 Å². The third kappa shape index (κ3) is 3.25. The van der Waals surface area contributed by atoms with Crippen LogP contribution in [0, 0.1) is 23.6 Å². The predicted octanol–water partition coefficient (Wildman–Crippen LogP) is 3.37. The smallest absolute Gasteiger partial charge is 0.335 e. The Hall–Kier alpha value is -2.22. The minimum Gasteiger partial charge on any atom is -0.342 e. The number of anilines is 1. The molecule has 2 heterocycles. The number of aromatic nitrogens is 4. The van der Waals surface area contributed by atoms with Crippen LogP contribution in [0.2, 0.25) is 5.28 Å². The number of carbonyl (C=O) groups excluding carboxylic acids is 1. The van der Waals surface area contributed by atoms with E-state index >= 15 is 0 Å². The number of hydrogen-bond donors (Lipinski definition) is 1. The molecule has 0 aromatic carbocycles. The van der Waals surface area contributed by atoms with Crippen molar-refractivity contribution in [2.45, 2.75) is 32.1 Å². The predicted molar refractivity (Wildman–Crippen MR) is 92.5 cm³/mol. The molecule has 1 unspecified atom stereocenters. The molecule has 0 radical (unpaired) electrons. The number of hydrogen-bond acceptors (Lipinski definition) is 6. The molecule has 2 aromatic rings. The maximum atomic E-state index is 14.7. The molecule has 9 heteroatoms. The SMILES string of the molecule is Cn1cc(-c2nc(Cl)nc(NOC(=O)C3CC4CCC3CC4)c2F)cn1. The number of nitrogens with one attached hydrogen (secondary N) is 1. The minimum absolute atomic E-state index is 0.00614. The summed E-state index contributed by atoms with van der Waals surface area (Å²) in [4.78, 5) is 25.3. The average molecular weight is 380 g/mol. The average Bonchev–Trinajstić information content (AvgIpc) is 3.09. The Bertz CT molecular complexity index is 835. The van der Waals surface area contributed by atoms with Crippen LogP contribution in [-0.4, -0.2) is 25.7 Å². The Morgan fingerprint density at radius 3 is 2.73 bits per heavy atom. The van der Waals surface area contributed by atoms with Crippen molar-refractivity contribution in [3.63, 3.8) is 0 Å². The second kappa shape index (κ2) is 6.83. The van der Waals surface area contributed by atoms with Crippen LogP contribution in [0.15, 0.2) is 12.4 Å². The zero-order chi connectivity index (χ0) is 18.3. The zero-order valence-electron chi connectivity index (χ0n) is 14.3. The van der Waals surface area contributed by atoms with Crippen molar-refractivity contribution in [3.05, 3.63) is 23.5 Å². The highest BCUT2D eigenvalue weighted by molar-refractivity contribution is 6.28. The van der Waals surface area contributed by atoms with E-state index in [9.17, 15) is 9.18 Å². The first-order chi connectivity index (χ1) is 12.5. The topological polar surface area (TPSA) is 81.9 Å². The lowest BCUT2D eigenvalue weighted by atomic mass is 9.65. The second-order valence-electron chi connectivity index (χ2n) is 7.05. The second-order valence-corrected chi connectivity index (χ2v) is 7.39. The number of nitrogens with zero attached hydrogens (tertiary/aromatic N) is 4. The van der Waals surface area contributed by atoms with E-state index in [0.717, 1.165) is 19.3 Å². The first-order valence-electron chi connectivity index (χ1n) is 8.70. The van der Waals surface area contributed by atoms with Crippen LogP contribution in [0.1, 0.15) is 32.1 Å². The van der Waals surface area contributed by atoms with Crippen molar-refractivity contribution >= 4 is 23.4 Å². The number of carbonyl (C=O) groups is 1. The summed E-state index contributed by atoms with van der Waals surface area (Å²) >= 11 is 5.90. The van der Waals surface area contributed by atoms with Gasteiger partial charge in [0.1, 0.15) is 5.69 Å².